The lowest BCUT2D eigenvalue weighted by molar-refractivity contribution is -0.120. The highest BCUT2D eigenvalue weighted by Crippen LogP contribution is 2.30. The molecule has 0 bridgehead atoms. The molecule has 1 unspecified atom stereocenters. The van der Waals surface area contributed by atoms with Crippen molar-refractivity contribution in [1.82, 2.24) is 0 Å². The molecule has 3 rings (SSSR count). The molecule has 4 nitrogen and oxygen atoms in total. The molecule has 1 fully saturated rings. The van der Waals surface area contributed by atoms with E-state index >= 15 is 0 Å². The van der Waals surface area contributed by atoms with E-state index < -0.39 is 0 Å². The van der Waals surface area contributed by atoms with Crippen LogP contribution in [0.3, 0.4) is 0 Å². The Morgan fingerprint density at radius 2 is 1.96 bits per heavy atom. The number of piperidine rings is 1. The van der Waals surface area contributed by atoms with Crippen LogP contribution in [0, 0.1) is 11.8 Å². The molecular formula is C19H26N2O2. The van der Waals surface area contributed by atoms with Gasteiger partial charge in [-0.3, -0.25) is 4.79 Å². The first-order valence-corrected chi connectivity index (χ1v) is 8.68. The number of hydrogen-bond acceptors (Lipinski definition) is 3. The third kappa shape index (κ3) is 3.94. The van der Waals surface area contributed by atoms with Crippen LogP contribution in [0.5, 0.6) is 0 Å². The Balaban J connectivity index is 1.68. The number of hydrogen-bond donors (Lipinski definition) is 2. The van der Waals surface area contributed by atoms with E-state index in [1.807, 2.05) is 18.2 Å². The summed E-state index contributed by atoms with van der Waals surface area (Å²) in [6.07, 6.45) is 9.05. The maximum absolute atomic E-state index is 12.5. The Labute approximate surface area is 138 Å². The van der Waals surface area contributed by atoms with E-state index in [0.717, 1.165) is 56.6 Å². The molecule has 124 valence electrons. The molecule has 2 aliphatic rings. The zero-order chi connectivity index (χ0) is 16.1. The molecule has 0 spiro atoms. The Kier molecular flexibility index (Phi) is 5.34. The van der Waals surface area contributed by atoms with E-state index in [4.69, 9.17) is 0 Å². The summed E-state index contributed by atoms with van der Waals surface area (Å²) in [6, 6.07) is 8.06. The Bertz CT molecular complexity index is 562. The van der Waals surface area contributed by atoms with Crippen LogP contribution in [0.1, 0.15) is 32.1 Å². The van der Waals surface area contributed by atoms with Crippen molar-refractivity contribution in [3.63, 3.8) is 0 Å². The van der Waals surface area contributed by atoms with Crippen molar-refractivity contribution < 1.29 is 9.90 Å². The van der Waals surface area contributed by atoms with Gasteiger partial charge in [-0.05, 0) is 50.2 Å². The van der Waals surface area contributed by atoms with Crippen molar-refractivity contribution >= 4 is 17.3 Å². The molecule has 1 aliphatic carbocycles. The Morgan fingerprint density at radius 1 is 1.17 bits per heavy atom. The first-order valence-electron chi connectivity index (χ1n) is 8.68. The quantitative estimate of drug-likeness (QED) is 0.839. The largest absolute Gasteiger partial charge is 0.396 e. The van der Waals surface area contributed by atoms with Crippen LogP contribution in [0.2, 0.25) is 0 Å². The number of rotatable bonds is 4. The van der Waals surface area contributed by atoms with Gasteiger partial charge >= 0.3 is 0 Å². The molecule has 1 aliphatic heterocycles. The Morgan fingerprint density at radius 3 is 2.65 bits per heavy atom. The summed E-state index contributed by atoms with van der Waals surface area (Å²) in [5.74, 6) is 0.641. The van der Waals surface area contributed by atoms with Gasteiger partial charge in [0.15, 0.2) is 0 Å². The van der Waals surface area contributed by atoms with E-state index in [0.29, 0.717) is 5.92 Å². The number of aliphatic hydroxyl groups is 1. The number of anilines is 2. The van der Waals surface area contributed by atoms with Crippen molar-refractivity contribution in [1.29, 1.82) is 0 Å². The van der Waals surface area contributed by atoms with E-state index in [1.54, 1.807) is 0 Å². The zero-order valence-corrected chi connectivity index (χ0v) is 13.6. The van der Waals surface area contributed by atoms with Gasteiger partial charge in [0.1, 0.15) is 0 Å². The summed E-state index contributed by atoms with van der Waals surface area (Å²) in [4.78, 5) is 14.8. The van der Waals surface area contributed by atoms with Gasteiger partial charge < -0.3 is 15.3 Å². The number of nitrogens with one attached hydrogen (secondary N) is 1. The summed E-state index contributed by atoms with van der Waals surface area (Å²) < 4.78 is 0. The summed E-state index contributed by atoms with van der Waals surface area (Å²) >= 11 is 0. The number of aliphatic hydroxyl groups excluding tert-OH is 1. The highest BCUT2D eigenvalue weighted by atomic mass is 16.3. The number of para-hydroxylation sites is 2. The van der Waals surface area contributed by atoms with Crippen LogP contribution < -0.4 is 10.2 Å². The molecule has 4 heteroatoms. The predicted molar refractivity (Wildman–Crippen MR) is 93.6 cm³/mol. The maximum Gasteiger partial charge on any atom is 0.227 e. The minimum absolute atomic E-state index is 0.0909. The number of allylic oxidation sites excluding steroid dienone is 2. The highest BCUT2D eigenvalue weighted by Gasteiger charge is 2.23. The molecule has 1 saturated heterocycles. The van der Waals surface area contributed by atoms with Crippen LogP contribution in [0.4, 0.5) is 11.4 Å². The van der Waals surface area contributed by atoms with Crippen LogP contribution in [-0.2, 0) is 4.79 Å². The molecule has 23 heavy (non-hydrogen) atoms. The Hall–Kier alpha value is -1.81. The molecule has 0 radical (unpaired) electrons. The zero-order valence-electron chi connectivity index (χ0n) is 13.6. The molecule has 0 saturated carbocycles. The summed E-state index contributed by atoms with van der Waals surface area (Å²) in [5, 5.41) is 12.4. The van der Waals surface area contributed by atoms with Crippen molar-refractivity contribution in [2.24, 2.45) is 11.8 Å². The number of amides is 1. The predicted octanol–water partition coefficient (Wildman–Crippen LogP) is 3.19. The van der Waals surface area contributed by atoms with Gasteiger partial charge in [0, 0.05) is 25.6 Å². The fourth-order valence-corrected chi connectivity index (χ4v) is 3.48. The third-order valence-electron chi connectivity index (χ3n) is 5.02. The van der Waals surface area contributed by atoms with Crippen molar-refractivity contribution in [3.8, 4) is 0 Å². The standard InChI is InChI=1S/C19H26N2O2/c22-14-15-10-12-21(13-11-15)18-9-5-4-8-17(18)20-19(23)16-6-2-1-3-7-16/h1-2,4-5,8-9,15-16,22H,3,6-7,10-14H2,(H,20,23). The lowest BCUT2D eigenvalue weighted by atomic mass is 9.93. The first kappa shape index (κ1) is 16.1. The fraction of sp³-hybridized carbons (Fsp3) is 0.526. The smallest absolute Gasteiger partial charge is 0.227 e. The number of benzene rings is 1. The van der Waals surface area contributed by atoms with Gasteiger partial charge in [-0.2, -0.15) is 0 Å². The fourth-order valence-electron chi connectivity index (χ4n) is 3.48. The van der Waals surface area contributed by atoms with Crippen LogP contribution in [0.15, 0.2) is 36.4 Å². The van der Waals surface area contributed by atoms with Gasteiger partial charge in [0.2, 0.25) is 5.91 Å². The summed E-state index contributed by atoms with van der Waals surface area (Å²) in [5.41, 5.74) is 2.01. The SMILES string of the molecule is O=C(Nc1ccccc1N1CCC(CO)CC1)C1CC=CCC1. The maximum atomic E-state index is 12.5. The highest BCUT2D eigenvalue weighted by molar-refractivity contribution is 5.96. The number of nitrogens with zero attached hydrogens (tertiary/aromatic N) is 1. The molecule has 2 N–H and O–H groups in total. The summed E-state index contributed by atoms with van der Waals surface area (Å²) in [6.45, 7) is 2.15. The van der Waals surface area contributed by atoms with Crippen LogP contribution >= 0.6 is 0 Å². The molecule has 0 aromatic heterocycles. The molecule has 1 aromatic rings. The average Bonchev–Trinajstić information content (AvgIpc) is 2.63. The van der Waals surface area contributed by atoms with E-state index in [2.05, 4.69) is 28.4 Å². The van der Waals surface area contributed by atoms with Crippen LogP contribution in [-0.4, -0.2) is 30.7 Å². The molecule has 1 atom stereocenters. The second kappa shape index (κ2) is 7.64. The molecule has 1 aromatic carbocycles. The molecular weight excluding hydrogens is 288 g/mol. The van der Waals surface area contributed by atoms with Crippen molar-refractivity contribution in [2.45, 2.75) is 32.1 Å². The van der Waals surface area contributed by atoms with Crippen molar-refractivity contribution in [3.05, 3.63) is 36.4 Å². The normalized spacial score (nSPS) is 22.1. The monoisotopic (exact) mass is 314 g/mol. The van der Waals surface area contributed by atoms with Gasteiger partial charge in [0.25, 0.3) is 0 Å². The average molecular weight is 314 g/mol. The number of carbonyl (C=O) groups is 1. The van der Waals surface area contributed by atoms with E-state index in [-0.39, 0.29) is 18.4 Å². The second-order valence-electron chi connectivity index (χ2n) is 6.60. The van der Waals surface area contributed by atoms with Gasteiger partial charge in [-0.25, -0.2) is 0 Å². The lowest BCUT2D eigenvalue weighted by Gasteiger charge is -2.34. The van der Waals surface area contributed by atoms with Crippen molar-refractivity contribution in [2.75, 3.05) is 29.9 Å². The lowest BCUT2D eigenvalue weighted by Crippen LogP contribution is -2.35. The third-order valence-corrected chi connectivity index (χ3v) is 5.02. The van der Waals surface area contributed by atoms with E-state index in [1.165, 1.54) is 0 Å². The van der Waals surface area contributed by atoms with Gasteiger partial charge in [0.05, 0.1) is 11.4 Å². The van der Waals surface area contributed by atoms with Crippen LogP contribution in [0.25, 0.3) is 0 Å². The summed E-state index contributed by atoms with van der Waals surface area (Å²) in [7, 11) is 0. The second-order valence-corrected chi connectivity index (χ2v) is 6.60. The molecule has 1 heterocycles. The first-order chi connectivity index (χ1) is 11.3. The number of carbonyl (C=O) groups excluding carboxylic acids is 1. The minimum Gasteiger partial charge on any atom is -0.396 e. The minimum atomic E-state index is 0.0909. The van der Waals surface area contributed by atoms with E-state index in [9.17, 15) is 9.90 Å². The van der Waals surface area contributed by atoms with Gasteiger partial charge in [-0.15, -0.1) is 0 Å². The molecule has 1 amide bonds. The van der Waals surface area contributed by atoms with Gasteiger partial charge in [-0.1, -0.05) is 24.3 Å². The topological polar surface area (TPSA) is 52.6 Å².